The number of hydrogen-bond acceptors (Lipinski definition) is 2. The van der Waals surface area contributed by atoms with Gasteiger partial charge in [0.2, 0.25) is 11.8 Å². The minimum absolute atomic E-state index is 0.226. The normalized spacial score (nSPS) is 11.2. The first-order valence-corrected chi connectivity index (χ1v) is 8.58. The van der Waals surface area contributed by atoms with E-state index in [1.54, 1.807) is 13.8 Å². The summed E-state index contributed by atoms with van der Waals surface area (Å²) in [6.45, 7) is 10.1. The molecule has 2 amide bonds. The van der Waals surface area contributed by atoms with Gasteiger partial charge in [-0.1, -0.05) is 45.4 Å². The molecule has 0 aromatic heterocycles. The van der Waals surface area contributed by atoms with Gasteiger partial charge >= 0.3 is 0 Å². The highest BCUT2D eigenvalue weighted by Gasteiger charge is 2.36. The fourth-order valence-electron chi connectivity index (χ4n) is 2.38. The van der Waals surface area contributed by atoms with Gasteiger partial charge in [0, 0.05) is 12.2 Å². The van der Waals surface area contributed by atoms with Crippen LogP contribution in [-0.2, 0) is 22.4 Å². The van der Waals surface area contributed by atoms with Crippen LogP contribution in [0.2, 0.25) is 0 Å². The van der Waals surface area contributed by atoms with Gasteiger partial charge in [-0.2, -0.15) is 0 Å². The number of amides is 2. The summed E-state index contributed by atoms with van der Waals surface area (Å²) in [5.41, 5.74) is 1.95. The molecule has 128 valence electrons. The lowest BCUT2D eigenvalue weighted by Crippen LogP contribution is -2.45. The molecule has 1 aromatic rings. The van der Waals surface area contributed by atoms with E-state index in [9.17, 15) is 9.59 Å². The van der Waals surface area contributed by atoms with Gasteiger partial charge in [-0.25, -0.2) is 0 Å². The number of rotatable bonds is 8. The van der Waals surface area contributed by atoms with Crippen LogP contribution in [0.1, 0.15) is 58.6 Å². The van der Waals surface area contributed by atoms with Crippen molar-refractivity contribution in [1.82, 2.24) is 5.32 Å². The number of nitrogens with one attached hydrogen (secondary N) is 2. The Morgan fingerprint density at radius 1 is 1.00 bits per heavy atom. The molecule has 0 aliphatic carbocycles. The number of hydrogen-bond donors (Lipinski definition) is 2. The van der Waals surface area contributed by atoms with Crippen molar-refractivity contribution in [2.75, 3.05) is 11.9 Å². The number of carbonyl (C=O) groups excluding carboxylic acids is 2. The molecule has 0 fully saturated rings. The Hall–Kier alpha value is -1.84. The fraction of sp³-hybridized carbons (Fsp3) is 0.579. The topological polar surface area (TPSA) is 58.2 Å². The summed E-state index contributed by atoms with van der Waals surface area (Å²) in [5, 5.41) is 5.84. The van der Waals surface area contributed by atoms with E-state index in [4.69, 9.17) is 0 Å². The predicted molar refractivity (Wildman–Crippen MR) is 95.5 cm³/mol. The summed E-state index contributed by atoms with van der Waals surface area (Å²) in [5.74, 6) is -0.488. The second-order valence-corrected chi connectivity index (χ2v) is 6.35. The van der Waals surface area contributed by atoms with Gasteiger partial charge < -0.3 is 10.6 Å². The summed E-state index contributed by atoms with van der Waals surface area (Å²) in [7, 11) is 0. The Balaban J connectivity index is 2.92. The maximum atomic E-state index is 12.7. The molecule has 0 aliphatic heterocycles. The van der Waals surface area contributed by atoms with Crippen molar-refractivity contribution < 1.29 is 9.59 Å². The quantitative estimate of drug-likeness (QED) is 0.567. The molecule has 4 nitrogen and oxygen atoms in total. The average molecular weight is 318 g/mol. The summed E-state index contributed by atoms with van der Waals surface area (Å²) in [6.07, 6.45) is 3.61. The second-order valence-electron chi connectivity index (χ2n) is 6.35. The summed E-state index contributed by atoms with van der Waals surface area (Å²) < 4.78 is 0. The molecule has 1 rings (SSSR count). The first-order chi connectivity index (χ1) is 10.9. The Morgan fingerprint density at radius 2 is 1.57 bits per heavy atom. The molecular formula is C19H30N2O2. The first-order valence-electron chi connectivity index (χ1n) is 8.58. The van der Waals surface area contributed by atoms with Gasteiger partial charge in [-0.3, -0.25) is 9.59 Å². The van der Waals surface area contributed by atoms with Crippen LogP contribution in [0.5, 0.6) is 0 Å². The first kappa shape index (κ1) is 19.2. The van der Waals surface area contributed by atoms with Crippen LogP contribution < -0.4 is 10.6 Å². The Morgan fingerprint density at radius 3 is 2.04 bits per heavy atom. The molecule has 0 spiro atoms. The molecule has 4 heteroatoms. The molecule has 1 aromatic carbocycles. The lowest BCUT2D eigenvalue weighted by atomic mass is 9.90. The minimum atomic E-state index is -1.10. The van der Waals surface area contributed by atoms with Gasteiger partial charge in [-0.15, -0.1) is 0 Å². The molecule has 0 saturated carbocycles. The third-order valence-electron chi connectivity index (χ3n) is 4.19. The highest BCUT2D eigenvalue weighted by molar-refractivity contribution is 6.10. The van der Waals surface area contributed by atoms with Crippen molar-refractivity contribution in [3.05, 3.63) is 29.3 Å². The van der Waals surface area contributed by atoms with E-state index in [-0.39, 0.29) is 11.8 Å². The zero-order chi connectivity index (χ0) is 17.5. The minimum Gasteiger partial charge on any atom is -0.355 e. The zero-order valence-electron chi connectivity index (χ0n) is 15.1. The largest absolute Gasteiger partial charge is 0.355 e. The summed E-state index contributed by atoms with van der Waals surface area (Å²) in [4.78, 5) is 25.0. The third-order valence-corrected chi connectivity index (χ3v) is 4.19. The van der Waals surface area contributed by atoms with Crippen molar-refractivity contribution >= 4 is 17.5 Å². The number of anilines is 1. The monoisotopic (exact) mass is 318 g/mol. The summed E-state index contributed by atoms with van der Waals surface area (Å²) in [6, 6.07) is 6.04. The van der Waals surface area contributed by atoms with Gasteiger partial charge in [0.15, 0.2) is 0 Å². The fourth-order valence-corrected chi connectivity index (χ4v) is 2.38. The van der Waals surface area contributed by atoms with Crippen molar-refractivity contribution in [2.45, 2.75) is 60.3 Å². The van der Waals surface area contributed by atoms with E-state index in [1.165, 1.54) is 0 Å². The van der Waals surface area contributed by atoms with E-state index in [1.807, 2.05) is 18.2 Å². The van der Waals surface area contributed by atoms with Crippen LogP contribution >= 0.6 is 0 Å². The van der Waals surface area contributed by atoms with Gasteiger partial charge in [0.05, 0.1) is 0 Å². The molecule has 2 N–H and O–H groups in total. The van der Waals surface area contributed by atoms with Crippen LogP contribution in [0.15, 0.2) is 18.2 Å². The SMILES string of the molecule is CCCCNC(=O)C(C)(C)C(=O)Nc1c(CC)cccc1CC. The van der Waals surface area contributed by atoms with E-state index in [0.717, 1.165) is 42.5 Å². The Kier molecular flexibility index (Phi) is 7.27. The smallest absolute Gasteiger partial charge is 0.239 e. The predicted octanol–water partition coefficient (Wildman–Crippen LogP) is 3.69. The maximum Gasteiger partial charge on any atom is 0.239 e. The molecule has 0 heterocycles. The number of aryl methyl sites for hydroxylation is 2. The highest BCUT2D eigenvalue weighted by Crippen LogP contribution is 2.26. The molecule has 0 saturated heterocycles. The Labute approximate surface area is 140 Å². The van der Waals surface area contributed by atoms with Crippen LogP contribution in [0, 0.1) is 5.41 Å². The zero-order valence-corrected chi connectivity index (χ0v) is 15.1. The van der Waals surface area contributed by atoms with Gasteiger partial charge in [0.25, 0.3) is 0 Å². The van der Waals surface area contributed by atoms with E-state index in [0.29, 0.717) is 6.54 Å². The van der Waals surface area contributed by atoms with Gasteiger partial charge in [0.1, 0.15) is 5.41 Å². The second kappa shape index (κ2) is 8.70. The van der Waals surface area contributed by atoms with Gasteiger partial charge in [-0.05, 0) is 44.2 Å². The van der Waals surface area contributed by atoms with Crippen LogP contribution in [0.4, 0.5) is 5.69 Å². The van der Waals surface area contributed by atoms with Crippen molar-refractivity contribution in [3.8, 4) is 0 Å². The van der Waals surface area contributed by atoms with Crippen LogP contribution in [0.3, 0.4) is 0 Å². The highest BCUT2D eigenvalue weighted by atomic mass is 16.2. The van der Waals surface area contributed by atoms with Crippen molar-refractivity contribution in [3.63, 3.8) is 0 Å². The Bertz CT molecular complexity index is 528. The van der Waals surface area contributed by atoms with Crippen molar-refractivity contribution in [2.24, 2.45) is 5.41 Å². The van der Waals surface area contributed by atoms with E-state index in [2.05, 4.69) is 31.4 Å². The lowest BCUT2D eigenvalue weighted by molar-refractivity contribution is -0.138. The lowest BCUT2D eigenvalue weighted by Gasteiger charge is -2.24. The maximum absolute atomic E-state index is 12.7. The number of para-hydroxylation sites is 1. The molecule has 0 bridgehead atoms. The van der Waals surface area contributed by atoms with Crippen molar-refractivity contribution in [1.29, 1.82) is 0 Å². The third kappa shape index (κ3) is 4.81. The molecule has 0 unspecified atom stereocenters. The van der Waals surface area contributed by atoms with Crippen LogP contribution in [-0.4, -0.2) is 18.4 Å². The van der Waals surface area contributed by atoms with E-state index < -0.39 is 5.41 Å². The van der Waals surface area contributed by atoms with Crippen LogP contribution in [0.25, 0.3) is 0 Å². The average Bonchev–Trinajstić information content (AvgIpc) is 2.54. The molecule has 0 atom stereocenters. The number of carbonyl (C=O) groups is 2. The molecule has 0 radical (unpaired) electrons. The molecular weight excluding hydrogens is 288 g/mol. The van der Waals surface area contributed by atoms with E-state index >= 15 is 0 Å². The molecule has 0 aliphatic rings. The molecule has 23 heavy (non-hydrogen) atoms. The number of benzene rings is 1. The standard InChI is InChI=1S/C19H30N2O2/c1-6-9-13-20-17(22)19(4,5)18(23)21-16-14(7-2)11-10-12-15(16)8-3/h10-12H,6-9,13H2,1-5H3,(H,20,22)(H,21,23). The summed E-state index contributed by atoms with van der Waals surface area (Å²) >= 11 is 0. The number of unbranched alkanes of at least 4 members (excludes halogenated alkanes) is 1.